The number of hydrazine groups is 1. The molecule has 1 heterocycles. The number of anilines is 1. The normalized spacial score (nSPS) is 10.0. The molecule has 72 valence electrons. The highest BCUT2D eigenvalue weighted by Gasteiger charge is 1.95. The lowest BCUT2D eigenvalue weighted by Gasteiger charge is -2.00. The summed E-state index contributed by atoms with van der Waals surface area (Å²) in [4.78, 5) is 8.26. The van der Waals surface area contributed by atoms with Crippen molar-refractivity contribution in [2.24, 2.45) is 5.84 Å². The van der Waals surface area contributed by atoms with Gasteiger partial charge in [-0.05, 0) is 12.2 Å². The van der Waals surface area contributed by atoms with Crippen molar-refractivity contribution in [2.45, 2.75) is 19.1 Å². The smallest absolute Gasteiger partial charge is 0.158 e. The van der Waals surface area contributed by atoms with Gasteiger partial charge in [-0.25, -0.2) is 10.8 Å². The number of rotatable bonds is 5. The van der Waals surface area contributed by atoms with E-state index in [4.69, 9.17) is 5.84 Å². The van der Waals surface area contributed by atoms with Crippen molar-refractivity contribution < 1.29 is 0 Å². The predicted molar refractivity (Wildman–Crippen MR) is 56.3 cm³/mol. The van der Waals surface area contributed by atoms with Crippen LogP contribution in [0.3, 0.4) is 0 Å². The van der Waals surface area contributed by atoms with E-state index in [9.17, 15) is 0 Å². The van der Waals surface area contributed by atoms with Crippen LogP contribution < -0.4 is 11.3 Å². The van der Waals surface area contributed by atoms with Gasteiger partial charge in [-0.3, -0.25) is 4.98 Å². The van der Waals surface area contributed by atoms with Gasteiger partial charge in [0.1, 0.15) is 0 Å². The van der Waals surface area contributed by atoms with Crippen LogP contribution in [0.25, 0.3) is 0 Å². The van der Waals surface area contributed by atoms with Gasteiger partial charge in [0.2, 0.25) is 0 Å². The van der Waals surface area contributed by atoms with Crippen LogP contribution in [0, 0.1) is 0 Å². The molecule has 0 aliphatic carbocycles. The van der Waals surface area contributed by atoms with Gasteiger partial charge >= 0.3 is 0 Å². The Morgan fingerprint density at radius 3 is 2.85 bits per heavy atom. The zero-order valence-electron chi connectivity index (χ0n) is 7.66. The molecule has 3 N–H and O–H groups in total. The minimum Gasteiger partial charge on any atom is -0.307 e. The molecule has 0 aliphatic rings. The molecule has 13 heavy (non-hydrogen) atoms. The molecule has 0 aromatic carbocycles. The Bertz CT molecular complexity index is 236. The first-order chi connectivity index (χ1) is 6.36. The van der Waals surface area contributed by atoms with Gasteiger partial charge in [-0.2, -0.15) is 11.8 Å². The van der Waals surface area contributed by atoms with E-state index < -0.39 is 0 Å². The van der Waals surface area contributed by atoms with Crippen LogP contribution in [-0.2, 0) is 5.75 Å². The molecule has 1 aromatic heterocycles. The van der Waals surface area contributed by atoms with E-state index in [-0.39, 0.29) is 0 Å². The van der Waals surface area contributed by atoms with Crippen molar-refractivity contribution in [2.75, 3.05) is 11.2 Å². The standard InChI is InChI=1S/C8H14N4S/c1-2-3-13-6-7-4-11-8(12-9)5-10-7/h4-5H,2-3,6,9H2,1H3,(H,11,12). The second-order valence-electron chi connectivity index (χ2n) is 2.59. The average Bonchev–Trinajstić information content (AvgIpc) is 2.19. The second-order valence-corrected chi connectivity index (χ2v) is 3.70. The number of nitrogens with one attached hydrogen (secondary N) is 1. The minimum absolute atomic E-state index is 0.601. The quantitative estimate of drug-likeness (QED) is 0.425. The predicted octanol–water partition coefficient (Wildman–Crippen LogP) is 1.41. The Labute approximate surface area is 82.3 Å². The molecule has 0 bridgehead atoms. The van der Waals surface area contributed by atoms with E-state index >= 15 is 0 Å². The maximum absolute atomic E-state index is 5.16. The summed E-state index contributed by atoms with van der Waals surface area (Å²) in [6, 6.07) is 0. The highest BCUT2D eigenvalue weighted by atomic mass is 32.2. The first-order valence-corrected chi connectivity index (χ1v) is 5.37. The highest BCUT2D eigenvalue weighted by Crippen LogP contribution is 2.10. The average molecular weight is 198 g/mol. The number of thioether (sulfide) groups is 1. The Kier molecular flexibility index (Phi) is 4.56. The zero-order chi connectivity index (χ0) is 9.52. The SMILES string of the molecule is CCCSCc1cnc(NN)cn1. The Morgan fingerprint density at radius 2 is 2.31 bits per heavy atom. The number of hydrogen-bond donors (Lipinski definition) is 2. The van der Waals surface area contributed by atoms with E-state index in [0.29, 0.717) is 5.82 Å². The third-order valence-corrected chi connectivity index (χ3v) is 2.65. The van der Waals surface area contributed by atoms with Crippen LogP contribution in [0.5, 0.6) is 0 Å². The number of nitrogens with zero attached hydrogens (tertiary/aromatic N) is 2. The lowest BCUT2D eigenvalue weighted by atomic mass is 10.5. The monoisotopic (exact) mass is 198 g/mol. The molecule has 0 atom stereocenters. The largest absolute Gasteiger partial charge is 0.307 e. The van der Waals surface area contributed by atoms with Gasteiger partial charge in [-0.15, -0.1) is 0 Å². The van der Waals surface area contributed by atoms with Crippen molar-refractivity contribution in [3.63, 3.8) is 0 Å². The Hall–Kier alpha value is -0.810. The molecule has 0 unspecified atom stereocenters. The van der Waals surface area contributed by atoms with Gasteiger partial charge < -0.3 is 5.43 Å². The maximum atomic E-state index is 5.16. The molecule has 0 saturated carbocycles. The van der Waals surface area contributed by atoms with Crippen molar-refractivity contribution in [1.82, 2.24) is 9.97 Å². The molecule has 0 amide bonds. The van der Waals surface area contributed by atoms with Crippen molar-refractivity contribution >= 4 is 17.6 Å². The van der Waals surface area contributed by atoms with Crippen molar-refractivity contribution in [3.05, 3.63) is 18.1 Å². The summed E-state index contributed by atoms with van der Waals surface area (Å²) in [7, 11) is 0. The Balaban J connectivity index is 2.40. The minimum atomic E-state index is 0.601. The molecule has 4 nitrogen and oxygen atoms in total. The fourth-order valence-electron chi connectivity index (χ4n) is 0.825. The molecule has 1 rings (SSSR count). The molecule has 0 radical (unpaired) electrons. The van der Waals surface area contributed by atoms with Crippen molar-refractivity contribution in [1.29, 1.82) is 0 Å². The summed E-state index contributed by atoms with van der Waals surface area (Å²) in [5.74, 6) is 7.85. The first-order valence-electron chi connectivity index (χ1n) is 4.22. The van der Waals surface area contributed by atoms with Gasteiger partial charge in [-0.1, -0.05) is 6.92 Å². The summed E-state index contributed by atoms with van der Waals surface area (Å²) >= 11 is 1.87. The lowest BCUT2D eigenvalue weighted by molar-refractivity contribution is 1.07. The fraction of sp³-hybridized carbons (Fsp3) is 0.500. The van der Waals surface area contributed by atoms with Crippen LogP contribution in [0.4, 0.5) is 5.82 Å². The lowest BCUT2D eigenvalue weighted by Crippen LogP contribution is -2.08. The summed E-state index contributed by atoms with van der Waals surface area (Å²) in [6.45, 7) is 2.17. The second kappa shape index (κ2) is 5.77. The molecular formula is C8H14N4S. The van der Waals surface area contributed by atoms with Crippen LogP contribution in [0.2, 0.25) is 0 Å². The summed E-state index contributed by atoms with van der Waals surface area (Å²) < 4.78 is 0. The van der Waals surface area contributed by atoms with E-state index in [1.807, 2.05) is 11.8 Å². The fourth-order valence-corrected chi connectivity index (χ4v) is 1.62. The van der Waals surface area contributed by atoms with Gasteiger partial charge in [0.15, 0.2) is 5.82 Å². The highest BCUT2D eigenvalue weighted by molar-refractivity contribution is 7.98. The molecule has 0 spiro atoms. The van der Waals surface area contributed by atoms with E-state index in [1.165, 1.54) is 12.2 Å². The Morgan fingerprint density at radius 1 is 1.46 bits per heavy atom. The zero-order valence-corrected chi connectivity index (χ0v) is 8.47. The topological polar surface area (TPSA) is 63.8 Å². The third-order valence-electron chi connectivity index (χ3n) is 1.45. The van der Waals surface area contributed by atoms with Crippen LogP contribution in [-0.4, -0.2) is 15.7 Å². The number of nitrogens with two attached hydrogens (primary N) is 1. The summed E-state index contributed by atoms with van der Waals surface area (Å²) in [5.41, 5.74) is 3.44. The first kappa shape index (κ1) is 10.3. The molecule has 0 saturated heterocycles. The van der Waals surface area contributed by atoms with Crippen LogP contribution in [0.15, 0.2) is 12.4 Å². The summed E-state index contributed by atoms with van der Waals surface area (Å²) in [5, 5.41) is 0. The molecule has 5 heteroatoms. The third kappa shape index (κ3) is 3.61. The molecule has 1 aromatic rings. The van der Waals surface area contributed by atoms with E-state index in [0.717, 1.165) is 11.4 Å². The number of nitrogen functional groups attached to an aromatic ring is 1. The van der Waals surface area contributed by atoms with Crippen molar-refractivity contribution in [3.8, 4) is 0 Å². The van der Waals surface area contributed by atoms with Gasteiger partial charge in [0, 0.05) is 5.75 Å². The van der Waals surface area contributed by atoms with Crippen LogP contribution >= 0.6 is 11.8 Å². The molecular weight excluding hydrogens is 184 g/mol. The molecule has 0 fully saturated rings. The summed E-state index contributed by atoms with van der Waals surface area (Å²) in [6.07, 6.45) is 4.58. The van der Waals surface area contributed by atoms with Crippen LogP contribution in [0.1, 0.15) is 19.0 Å². The van der Waals surface area contributed by atoms with E-state index in [1.54, 1.807) is 12.4 Å². The number of aromatic nitrogens is 2. The van der Waals surface area contributed by atoms with Gasteiger partial charge in [0.05, 0.1) is 18.1 Å². The van der Waals surface area contributed by atoms with Gasteiger partial charge in [0.25, 0.3) is 0 Å². The molecule has 0 aliphatic heterocycles. The maximum Gasteiger partial charge on any atom is 0.158 e. The van der Waals surface area contributed by atoms with E-state index in [2.05, 4.69) is 22.3 Å². The number of hydrogen-bond acceptors (Lipinski definition) is 5.